The molecule has 3 aromatic rings. The first-order valence-electron chi connectivity index (χ1n) is 9.81. The molecule has 0 aliphatic heterocycles. The van der Waals surface area contributed by atoms with Crippen LogP contribution in [0.2, 0.25) is 0 Å². The zero-order chi connectivity index (χ0) is 21.9. The van der Waals surface area contributed by atoms with Crippen LogP contribution < -0.4 is 5.32 Å². The number of aryl methyl sites for hydroxylation is 2. The molecule has 0 saturated heterocycles. The van der Waals surface area contributed by atoms with Crippen LogP contribution in [0.4, 0.5) is 5.69 Å². The highest BCUT2D eigenvalue weighted by Crippen LogP contribution is 2.22. The number of sulfonamides is 1. The van der Waals surface area contributed by atoms with Crippen LogP contribution in [-0.4, -0.2) is 41.5 Å². The minimum atomic E-state index is -3.65. The molecule has 158 valence electrons. The van der Waals surface area contributed by atoms with Crippen LogP contribution in [0.15, 0.2) is 59.6 Å². The van der Waals surface area contributed by atoms with E-state index in [1.165, 1.54) is 10.4 Å². The number of benzene rings is 2. The molecule has 3 rings (SSSR count). The first kappa shape index (κ1) is 21.7. The molecule has 0 aliphatic carbocycles. The van der Waals surface area contributed by atoms with E-state index in [1.54, 1.807) is 49.8 Å². The maximum Gasteiger partial charge on any atom is 0.255 e. The average molecular weight is 427 g/mol. The molecule has 0 atom stereocenters. The summed E-state index contributed by atoms with van der Waals surface area (Å²) in [6.45, 7) is 8.05. The van der Waals surface area contributed by atoms with Crippen LogP contribution in [0, 0.1) is 13.8 Å². The predicted molar refractivity (Wildman–Crippen MR) is 118 cm³/mol. The number of amides is 1. The molecule has 0 spiro atoms. The van der Waals surface area contributed by atoms with Crippen molar-refractivity contribution in [2.24, 2.45) is 0 Å². The highest BCUT2D eigenvalue weighted by atomic mass is 32.2. The van der Waals surface area contributed by atoms with Gasteiger partial charge < -0.3 is 5.32 Å². The summed E-state index contributed by atoms with van der Waals surface area (Å²) < 4.78 is 28.8. The zero-order valence-corrected chi connectivity index (χ0v) is 18.4. The maximum absolute atomic E-state index is 12.9. The third-order valence-corrected chi connectivity index (χ3v) is 7.02. The molecule has 0 unspecified atom stereocenters. The van der Waals surface area contributed by atoms with Crippen molar-refractivity contribution in [3.8, 4) is 5.69 Å². The van der Waals surface area contributed by atoms with Crippen LogP contribution in [0.3, 0.4) is 0 Å². The van der Waals surface area contributed by atoms with E-state index in [1.807, 2.05) is 31.2 Å². The fourth-order valence-electron chi connectivity index (χ4n) is 3.27. The van der Waals surface area contributed by atoms with E-state index in [0.717, 1.165) is 11.4 Å². The molecule has 1 aromatic heterocycles. The lowest BCUT2D eigenvalue weighted by atomic mass is 10.1. The molecule has 0 fully saturated rings. The smallest absolute Gasteiger partial charge is 0.255 e. The van der Waals surface area contributed by atoms with Gasteiger partial charge in [-0.2, -0.15) is 9.40 Å². The second kappa shape index (κ2) is 8.81. The first-order chi connectivity index (χ1) is 14.3. The second-order valence-corrected chi connectivity index (χ2v) is 8.89. The Bertz CT molecular complexity index is 1160. The fraction of sp³-hybridized carbons (Fsp3) is 0.273. The lowest BCUT2D eigenvalue weighted by Gasteiger charge is -2.19. The molecular weight excluding hydrogens is 400 g/mol. The van der Waals surface area contributed by atoms with Crippen LogP contribution in [0.25, 0.3) is 5.69 Å². The summed E-state index contributed by atoms with van der Waals surface area (Å²) in [5.74, 6) is -0.363. The van der Waals surface area contributed by atoms with E-state index >= 15 is 0 Å². The average Bonchev–Trinajstić information content (AvgIpc) is 3.15. The van der Waals surface area contributed by atoms with Gasteiger partial charge in [-0.25, -0.2) is 13.1 Å². The van der Waals surface area contributed by atoms with Gasteiger partial charge >= 0.3 is 0 Å². The van der Waals surface area contributed by atoms with Crippen LogP contribution in [0.1, 0.15) is 35.5 Å². The number of carbonyl (C=O) groups is 1. The molecule has 30 heavy (non-hydrogen) atoms. The van der Waals surface area contributed by atoms with Crippen molar-refractivity contribution in [1.82, 2.24) is 14.1 Å². The highest BCUT2D eigenvalue weighted by Gasteiger charge is 2.23. The van der Waals surface area contributed by atoms with Gasteiger partial charge in [0.25, 0.3) is 5.91 Å². The number of anilines is 1. The van der Waals surface area contributed by atoms with Gasteiger partial charge in [0.05, 0.1) is 10.6 Å². The number of hydrogen-bond donors (Lipinski definition) is 1. The van der Waals surface area contributed by atoms with Crippen molar-refractivity contribution in [2.75, 3.05) is 18.4 Å². The fourth-order valence-corrected chi connectivity index (χ4v) is 4.76. The van der Waals surface area contributed by atoms with Crippen molar-refractivity contribution in [1.29, 1.82) is 0 Å². The SMILES string of the molecule is CCN(CC)S(=O)(=O)c1ccc(C)c(C(=O)Nc2cccc(-n3nccc3C)c2)c1. The number of carbonyl (C=O) groups excluding carboxylic acids is 1. The van der Waals surface area contributed by atoms with Crippen LogP contribution in [0.5, 0.6) is 0 Å². The summed E-state index contributed by atoms with van der Waals surface area (Å²) in [7, 11) is -3.65. The quantitative estimate of drug-likeness (QED) is 0.623. The summed E-state index contributed by atoms with van der Waals surface area (Å²) in [5, 5.41) is 7.15. The molecule has 0 radical (unpaired) electrons. The molecule has 2 aromatic carbocycles. The molecule has 1 heterocycles. The van der Waals surface area contributed by atoms with Crippen LogP contribution in [-0.2, 0) is 10.0 Å². The third kappa shape index (κ3) is 4.29. The van der Waals surface area contributed by atoms with Gasteiger partial charge in [-0.15, -0.1) is 0 Å². The molecular formula is C22H26N4O3S. The lowest BCUT2D eigenvalue weighted by Crippen LogP contribution is -2.30. The minimum Gasteiger partial charge on any atom is -0.322 e. The third-order valence-electron chi connectivity index (χ3n) is 4.98. The molecule has 0 saturated carbocycles. The van der Waals surface area contributed by atoms with Crippen molar-refractivity contribution in [3.05, 3.63) is 71.5 Å². The summed E-state index contributed by atoms with van der Waals surface area (Å²) in [6, 6.07) is 13.9. The summed E-state index contributed by atoms with van der Waals surface area (Å²) >= 11 is 0. The van der Waals surface area contributed by atoms with Crippen LogP contribution >= 0.6 is 0 Å². The summed E-state index contributed by atoms with van der Waals surface area (Å²) in [4.78, 5) is 13.1. The van der Waals surface area contributed by atoms with Gasteiger partial charge in [0.1, 0.15) is 0 Å². The van der Waals surface area contributed by atoms with E-state index in [4.69, 9.17) is 0 Å². The van der Waals surface area contributed by atoms with E-state index in [9.17, 15) is 13.2 Å². The summed E-state index contributed by atoms with van der Waals surface area (Å²) in [6.07, 6.45) is 1.71. The highest BCUT2D eigenvalue weighted by molar-refractivity contribution is 7.89. The topological polar surface area (TPSA) is 84.3 Å². The van der Waals surface area contributed by atoms with Gasteiger partial charge in [-0.1, -0.05) is 26.0 Å². The normalized spacial score (nSPS) is 11.6. The van der Waals surface area contributed by atoms with Gasteiger partial charge in [-0.05, 0) is 55.8 Å². The minimum absolute atomic E-state index is 0.114. The Morgan fingerprint density at radius 3 is 2.43 bits per heavy atom. The van der Waals surface area contributed by atoms with Crippen molar-refractivity contribution >= 4 is 21.6 Å². The first-order valence-corrected chi connectivity index (χ1v) is 11.2. The number of nitrogens with zero attached hydrogens (tertiary/aromatic N) is 3. The van der Waals surface area contributed by atoms with E-state index in [0.29, 0.717) is 29.9 Å². The Balaban J connectivity index is 1.90. The van der Waals surface area contributed by atoms with Gasteiger partial charge in [-0.3, -0.25) is 4.79 Å². The van der Waals surface area contributed by atoms with Crippen molar-refractivity contribution in [2.45, 2.75) is 32.6 Å². The number of nitrogens with one attached hydrogen (secondary N) is 1. The number of aromatic nitrogens is 2. The Kier molecular flexibility index (Phi) is 6.38. The molecule has 1 amide bonds. The molecule has 7 nitrogen and oxygen atoms in total. The zero-order valence-electron chi connectivity index (χ0n) is 17.6. The molecule has 0 aliphatic rings. The predicted octanol–water partition coefficient (Wildman–Crippen LogP) is 3.77. The van der Waals surface area contributed by atoms with E-state index < -0.39 is 10.0 Å². The van der Waals surface area contributed by atoms with Crippen molar-refractivity contribution < 1.29 is 13.2 Å². The molecule has 1 N–H and O–H groups in total. The Morgan fingerprint density at radius 1 is 1.07 bits per heavy atom. The largest absolute Gasteiger partial charge is 0.322 e. The van der Waals surface area contributed by atoms with E-state index in [2.05, 4.69) is 10.4 Å². The van der Waals surface area contributed by atoms with Gasteiger partial charge in [0.15, 0.2) is 0 Å². The van der Waals surface area contributed by atoms with Crippen molar-refractivity contribution in [3.63, 3.8) is 0 Å². The van der Waals surface area contributed by atoms with Gasteiger partial charge in [0, 0.05) is 36.2 Å². The van der Waals surface area contributed by atoms with E-state index in [-0.39, 0.29) is 10.8 Å². The summed E-state index contributed by atoms with van der Waals surface area (Å²) in [5.41, 5.74) is 3.42. The maximum atomic E-state index is 12.9. The number of rotatable bonds is 7. The monoisotopic (exact) mass is 426 g/mol. The van der Waals surface area contributed by atoms with Gasteiger partial charge in [0.2, 0.25) is 10.0 Å². The Hall–Kier alpha value is -2.97. The Morgan fingerprint density at radius 2 is 1.80 bits per heavy atom. The standard InChI is InChI=1S/C22H26N4O3S/c1-5-25(6-2)30(28,29)20-11-10-16(3)21(15-20)22(27)24-18-8-7-9-19(14-18)26-17(4)12-13-23-26/h7-15H,5-6H2,1-4H3,(H,24,27). The Labute approximate surface area is 177 Å². The molecule has 8 heteroatoms. The molecule has 0 bridgehead atoms. The second-order valence-electron chi connectivity index (χ2n) is 6.95. The lowest BCUT2D eigenvalue weighted by molar-refractivity contribution is 0.102. The number of hydrogen-bond acceptors (Lipinski definition) is 4.